The monoisotopic (exact) mass is 335 g/mol. The quantitative estimate of drug-likeness (QED) is 0.484. The van der Waals surface area contributed by atoms with E-state index in [2.05, 4.69) is 17.3 Å². The highest BCUT2D eigenvalue weighted by Gasteiger charge is 2.73. The average Bonchev–Trinajstić information content (AvgIpc) is 3.20. The Hall–Kier alpha value is -2.43. The van der Waals surface area contributed by atoms with Crippen molar-refractivity contribution >= 4 is 23.7 Å². The fourth-order valence-corrected chi connectivity index (χ4v) is 5.16. The Morgan fingerprint density at radius 1 is 1.04 bits per heavy atom. The number of fused-ring (bicyclic) bond motifs is 3. The summed E-state index contributed by atoms with van der Waals surface area (Å²) in [5, 5.41) is 5.37. The Morgan fingerprint density at radius 3 is 2.08 bits per heavy atom. The summed E-state index contributed by atoms with van der Waals surface area (Å²) < 4.78 is 0. The molecule has 1 aromatic rings. The van der Waals surface area contributed by atoms with Crippen LogP contribution in [-0.4, -0.2) is 37.1 Å². The molecule has 1 heterocycles. The zero-order chi connectivity index (χ0) is 17.3. The number of hydrogen-bond acceptors (Lipinski definition) is 4. The third kappa shape index (κ3) is 1.86. The number of anilines is 1. The number of carbonyl (C=O) groups excluding carboxylic acids is 2. The number of benzene rings is 1. The van der Waals surface area contributed by atoms with Crippen molar-refractivity contribution in [2.75, 3.05) is 19.0 Å². The van der Waals surface area contributed by atoms with Gasteiger partial charge in [-0.2, -0.15) is 10.1 Å². The lowest BCUT2D eigenvalue weighted by atomic mass is 9.85. The molecule has 25 heavy (non-hydrogen) atoms. The Kier molecular flexibility index (Phi) is 2.86. The number of carbonyl (C=O) groups is 2. The lowest BCUT2D eigenvalue weighted by molar-refractivity contribution is -0.141. The molecule has 0 unspecified atom stereocenters. The van der Waals surface area contributed by atoms with E-state index in [0.29, 0.717) is 0 Å². The van der Waals surface area contributed by atoms with Crippen LogP contribution in [-0.2, 0) is 9.59 Å². The summed E-state index contributed by atoms with van der Waals surface area (Å²) >= 11 is 0. The highest BCUT2D eigenvalue weighted by atomic mass is 16.2. The first-order valence-electron chi connectivity index (χ1n) is 8.90. The van der Waals surface area contributed by atoms with Gasteiger partial charge < -0.3 is 4.90 Å². The maximum absolute atomic E-state index is 12.8. The predicted octanol–water partition coefficient (Wildman–Crippen LogP) is 2.28. The molecule has 0 radical (unpaired) electrons. The van der Waals surface area contributed by atoms with Crippen molar-refractivity contribution in [2.45, 2.75) is 12.8 Å². The summed E-state index contributed by atoms with van der Waals surface area (Å²) in [7, 11) is 3.97. The standard InChI is InChI=1S/C20H21N3O2/c1-22(2)13-5-3-12(4-6-13)11-21-23-18(24)16-14-7-8-15(17(16)19(23)25)20(14)9-10-20/h3-8,11,14-17H,9-10H2,1-2H3/b21-11-/t14-,15+,16+,17-. The maximum atomic E-state index is 12.8. The summed E-state index contributed by atoms with van der Waals surface area (Å²) in [6, 6.07) is 7.86. The van der Waals surface area contributed by atoms with Gasteiger partial charge >= 0.3 is 0 Å². The Morgan fingerprint density at radius 2 is 1.60 bits per heavy atom. The normalized spacial score (nSPS) is 33.8. The molecule has 0 aromatic heterocycles. The molecule has 5 rings (SSSR count). The Balaban J connectivity index is 1.38. The van der Waals surface area contributed by atoms with E-state index in [1.165, 1.54) is 0 Å². The first-order chi connectivity index (χ1) is 12.0. The van der Waals surface area contributed by atoms with Crippen molar-refractivity contribution in [3.63, 3.8) is 0 Å². The lowest BCUT2D eigenvalue weighted by Crippen LogP contribution is -2.30. The van der Waals surface area contributed by atoms with E-state index >= 15 is 0 Å². The molecule has 4 atom stereocenters. The first kappa shape index (κ1) is 14.9. The van der Waals surface area contributed by atoms with Gasteiger partial charge in [0.1, 0.15) is 0 Å². The summed E-state index contributed by atoms with van der Waals surface area (Å²) in [4.78, 5) is 27.7. The van der Waals surface area contributed by atoms with E-state index in [-0.39, 0.29) is 40.9 Å². The number of imide groups is 1. The molecule has 4 aliphatic rings. The van der Waals surface area contributed by atoms with Crippen LogP contribution in [0.1, 0.15) is 18.4 Å². The van der Waals surface area contributed by atoms with E-state index in [4.69, 9.17) is 0 Å². The zero-order valence-corrected chi connectivity index (χ0v) is 14.4. The number of nitrogens with zero attached hydrogens (tertiary/aromatic N) is 3. The molecule has 1 spiro atoms. The van der Waals surface area contributed by atoms with Crippen molar-refractivity contribution < 1.29 is 9.59 Å². The molecule has 2 bridgehead atoms. The van der Waals surface area contributed by atoms with Gasteiger partial charge in [-0.15, -0.1) is 0 Å². The lowest BCUT2D eigenvalue weighted by Gasteiger charge is -2.18. The molecule has 3 fully saturated rings. The van der Waals surface area contributed by atoms with Crippen LogP contribution in [0.5, 0.6) is 0 Å². The number of amides is 2. The molecular formula is C20H21N3O2. The molecular weight excluding hydrogens is 314 g/mol. The summed E-state index contributed by atoms with van der Waals surface area (Å²) in [6.07, 6.45) is 8.28. The average molecular weight is 335 g/mol. The van der Waals surface area contributed by atoms with Gasteiger partial charge in [0.15, 0.2) is 0 Å². The maximum Gasteiger partial charge on any atom is 0.254 e. The predicted molar refractivity (Wildman–Crippen MR) is 95.0 cm³/mol. The van der Waals surface area contributed by atoms with Crippen LogP contribution in [0.4, 0.5) is 5.69 Å². The minimum atomic E-state index is -0.182. The molecule has 128 valence electrons. The highest BCUT2D eigenvalue weighted by molar-refractivity contribution is 6.07. The van der Waals surface area contributed by atoms with Gasteiger partial charge in [0.05, 0.1) is 18.1 Å². The van der Waals surface area contributed by atoms with Crippen LogP contribution in [0.25, 0.3) is 0 Å². The van der Waals surface area contributed by atoms with Crippen molar-refractivity contribution in [2.24, 2.45) is 34.2 Å². The number of rotatable bonds is 3. The van der Waals surface area contributed by atoms with Crippen molar-refractivity contribution in [1.82, 2.24) is 5.01 Å². The van der Waals surface area contributed by atoms with Crippen molar-refractivity contribution in [3.8, 4) is 0 Å². The van der Waals surface area contributed by atoms with Crippen LogP contribution in [0.3, 0.4) is 0 Å². The van der Waals surface area contributed by atoms with E-state index in [0.717, 1.165) is 29.1 Å². The molecule has 1 saturated heterocycles. The fraction of sp³-hybridized carbons (Fsp3) is 0.450. The van der Waals surface area contributed by atoms with Gasteiger partial charge in [-0.05, 0) is 47.8 Å². The third-order valence-corrected chi connectivity index (χ3v) is 6.56. The van der Waals surface area contributed by atoms with Crippen LogP contribution in [0.2, 0.25) is 0 Å². The summed E-state index contributed by atoms with van der Waals surface area (Å²) in [5.74, 6) is -0.0906. The second-order valence-corrected chi connectivity index (χ2v) is 7.94. The van der Waals surface area contributed by atoms with E-state index < -0.39 is 0 Å². The SMILES string of the molecule is CN(C)c1ccc(/C=N\N2C(=O)[C@@H]3[C@H](C2=O)[C@@H]2C=C[C@H]3C23CC3)cc1. The van der Waals surface area contributed by atoms with Gasteiger partial charge in [-0.25, -0.2) is 0 Å². The van der Waals surface area contributed by atoms with Crippen LogP contribution < -0.4 is 4.90 Å². The fourth-order valence-electron chi connectivity index (χ4n) is 5.16. The van der Waals surface area contributed by atoms with Gasteiger partial charge in [-0.3, -0.25) is 9.59 Å². The van der Waals surface area contributed by atoms with Crippen LogP contribution in [0, 0.1) is 29.1 Å². The minimum Gasteiger partial charge on any atom is -0.378 e. The minimum absolute atomic E-state index is 0.112. The molecule has 5 nitrogen and oxygen atoms in total. The second kappa shape index (κ2) is 4.81. The highest BCUT2D eigenvalue weighted by Crippen LogP contribution is 2.73. The first-order valence-corrected chi connectivity index (χ1v) is 8.90. The van der Waals surface area contributed by atoms with Crippen LogP contribution >= 0.6 is 0 Å². The molecule has 2 saturated carbocycles. The third-order valence-electron chi connectivity index (χ3n) is 6.56. The summed E-state index contributed by atoms with van der Waals surface area (Å²) in [5.41, 5.74) is 2.21. The van der Waals surface area contributed by atoms with E-state index in [9.17, 15) is 9.59 Å². The van der Waals surface area contributed by atoms with Crippen molar-refractivity contribution in [1.29, 1.82) is 0 Å². The zero-order valence-electron chi connectivity index (χ0n) is 14.4. The number of hydrogen-bond donors (Lipinski definition) is 0. The van der Waals surface area contributed by atoms with Gasteiger partial charge in [-0.1, -0.05) is 24.3 Å². The smallest absolute Gasteiger partial charge is 0.254 e. The number of hydrazone groups is 1. The van der Waals surface area contributed by atoms with E-state index in [1.54, 1.807) is 6.21 Å². The second-order valence-electron chi connectivity index (χ2n) is 7.94. The van der Waals surface area contributed by atoms with Gasteiger partial charge in [0.2, 0.25) is 0 Å². The van der Waals surface area contributed by atoms with E-state index in [1.807, 2.05) is 43.3 Å². The topological polar surface area (TPSA) is 53.0 Å². The molecule has 2 amide bonds. The van der Waals surface area contributed by atoms with Crippen molar-refractivity contribution in [3.05, 3.63) is 42.0 Å². The molecule has 5 heteroatoms. The molecule has 3 aliphatic carbocycles. The molecule has 1 aromatic carbocycles. The van der Waals surface area contributed by atoms with Gasteiger partial charge in [0.25, 0.3) is 11.8 Å². The summed E-state index contributed by atoms with van der Waals surface area (Å²) in [6.45, 7) is 0. The Labute approximate surface area is 147 Å². The Bertz CT molecular complexity index is 786. The molecule has 0 N–H and O–H groups in total. The van der Waals surface area contributed by atoms with Gasteiger partial charge in [0, 0.05) is 19.8 Å². The van der Waals surface area contributed by atoms with Crippen LogP contribution in [0.15, 0.2) is 41.5 Å². The largest absolute Gasteiger partial charge is 0.378 e. The molecule has 1 aliphatic heterocycles. The number of allylic oxidation sites excluding steroid dienone is 2.